The van der Waals surface area contributed by atoms with Gasteiger partial charge in [-0.05, 0) is 99.7 Å². The molecule has 23 heteroatoms. The van der Waals surface area contributed by atoms with Gasteiger partial charge >= 0.3 is 0 Å². The Morgan fingerprint density at radius 1 is 0.568 bits per heavy atom. The van der Waals surface area contributed by atoms with Crippen molar-refractivity contribution >= 4 is 0 Å². The quantitative estimate of drug-likeness (QED) is 0.0941. The van der Waals surface area contributed by atoms with Crippen LogP contribution in [0.2, 0.25) is 0 Å². The lowest BCUT2D eigenvalue weighted by atomic mass is 9.47. The van der Waals surface area contributed by atoms with Gasteiger partial charge in [0.25, 0.3) is 0 Å². The molecule has 0 aromatic heterocycles. The van der Waals surface area contributed by atoms with Gasteiger partial charge in [-0.2, -0.15) is 0 Å². The molecule has 10 aliphatic rings. The van der Waals surface area contributed by atoms with Crippen molar-refractivity contribution in [3.8, 4) is 0 Å². The first-order valence-corrected chi connectivity index (χ1v) is 27.0. The lowest BCUT2D eigenvalue weighted by Crippen LogP contribution is -2.66. The summed E-state index contributed by atoms with van der Waals surface area (Å²) >= 11 is 0. The van der Waals surface area contributed by atoms with Gasteiger partial charge in [0.1, 0.15) is 91.6 Å². The van der Waals surface area contributed by atoms with E-state index < -0.39 is 160 Å². The molecule has 6 heterocycles. The summed E-state index contributed by atoms with van der Waals surface area (Å²) in [7, 11) is 0. The molecule has 6 saturated heterocycles. The Hall–Kier alpha value is -1.18. The molecule has 0 radical (unpaired) electrons. The Bertz CT molecular complexity index is 1990. The first-order chi connectivity index (χ1) is 34.9. The van der Waals surface area contributed by atoms with Crippen molar-refractivity contribution < 1.29 is 114 Å². The minimum absolute atomic E-state index is 0.0406. The molecule has 4 aliphatic carbocycles. The highest BCUT2D eigenvalue weighted by Crippen LogP contribution is 2.70. The minimum Gasteiger partial charge on any atom is -0.394 e. The lowest BCUT2D eigenvalue weighted by Gasteiger charge is -2.58. The summed E-state index contributed by atoms with van der Waals surface area (Å²) in [5, 5.41) is 140. The molecule has 0 bridgehead atoms. The predicted molar refractivity (Wildman–Crippen MR) is 248 cm³/mol. The second-order valence-corrected chi connectivity index (χ2v) is 24.1. The summed E-state index contributed by atoms with van der Waals surface area (Å²) in [5.41, 5.74) is 0.931. The third-order valence-electron chi connectivity index (χ3n) is 19.9. The summed E-state index contributed by atoms with van der Waals surface area (Å²) in [5.74, 6) is -1.12. The molecule has 10 rings (SSSR count). The molecule has 0 aromatic carbocycles. The van der Waals surface area contributed by atoms with E-state index in [-0.39, 0.29) is 34.7 Å². The lowest BCUT2D eigenvalue weighted by molar-refractivity contribution is -0.388. The van der Waals surface area contributed by atoms with Gasteiger partial charge in [-0.15, -0.1) is 0 Å². The molecule has 33 atom stereocenters. The van der Waals surface area contributed by atoms with E-state index in [0.717, 1.165) is 32.1 Å². The van der Waals surface area contributed by atoms with Crippen molar-refractivity contribution in [3.05, 3.63) is 11.6 Å². The van der Waals surface area contributed by atoms with Crippen LogP contribution in [0.3, 0.4) is 0 Å². The highest BCUT2D eigenvalue weighted by atomic mass is 16.8. The Kier molecular flexibility index (Phi) is 16.0. The zero-order valence-corrected chi connectivity index (χ0v) is 42.9. The molecule has 6 aliphatic heterocycles. The maximum Gasteiger partial charge on any atom is 0.195 e. The smallest absolute Gasteiger partial charge is 0.195 e. The number of aliphatic hydroxyl groups excluding tert-OH is 12. The molecule has 0 amide bonds. The van der Waals surface area contributed by atoms with Crippen LogP contribution in [0.15, 0.2) is 11.6 Å². The van der Waals surface area contributed by atoms with Crippen LogP contribution in [0.4, 0.5) is 0 Å². The van der Waals surface area contributed by atoms with Gasteiger partial charge in [0, 0.05) is 11.8 Å². The van der Waals surface area contributed by atoms with Crippen LogP contribution in [-0.4, -0.2) is 233 Å². The Balaban J connectivity index is 0.813. The molecule has 74 heavy (non-hydrogen) atoms. The third kappa shape index (κ3) is 9.29. The number of hydrogen-bond donors (Lipinski definition) is 13. The van der Waals surface area contributed by atoms with Gasteiger partial charge in [0.15, 0.2) is 37.2 Å². The summed E-state index contributed by atoms with van der Waals surface area (Å²) in [6, 6.07) is 0. The number of aliphatic hydroxyl groups is 13. The molecule has 3 saturated carbocycles. The topological polar surface area (TPSA) is 355 Å². The van der Waals surface area contributed by atoms with Gasteiger partial charge in [0.2, 0.25) is 0 Å². The summed E-state index contributed by atoms with van der Waals surface area (Å²) in [6.45, 7) is 10.3. The molecule has 0 unspecified atom stereocenters. The molecular weight excluding hydrogens is 981 g/mol. The average Bonchev–Trinajstić information content (AvgIpc) is 3.99. The number of rotatable bonds is 11. The molecular formula is C51H82O23. The standard InChI is InChI=1S/C51H82O23/c1-18-13-30(70-44(18)73-47-40(62)37(59)34(56)28(16-52)68-47)51(64)19(2)31-27(74-51)15-26-24-8-7-22-14-23(9-11-49(22,5)25(24)10-12-50(26,31)6)67-48-43(72-46-39(61)36(58)33(55)21(4)66-46)41(63)42(29(17-53)69-48)71-45-38(60)35(57)32(54)20(3)65-45/h7,18-21,23-48,52-64H,8-17H2,1-6H3/t18-,19+,20+,21+,23+,24-,25+,26+,27+,28-,29-,30+,31+,32+,33+,34-,35-,36-,37+,38-,39-,40-,41+,42-,43-,44+,45+,46+,47+,48-,49+,50+,51+/m1/s1. The van der Waals surface area contributed by atoms with E-state index >= 15 is 0 Å². The Morgan fingerprint density at radius 2 is 1.15 bits per heavy atom. The largest absolute Gasteiger partial charge is 0.394 e. The van der Waals surface area contributed by atoms with Gasteiger partial charge in [-0.25, -0.2) is 0 Å². The third-order valence-corrected chi connectivity index (χ3v) is 19.9. The van der Waals surface area contributed by atoms with Crippen LogP contribution in [0.25, 0.3) is 0 Å². The van der Waals surface area contributed by atoms with Gasteiger partial charge in [-0.3, -0.25) is 0 Å². The minimum atomic E-state index is -1.76. The summed E-state index contributed by atoms with van der Waals surface area (Å²) in [4.78, 5) is 0. The second-order valence-electron chi connectivity index (χ2n) is 24.1. The van der Waals surface area contributed by atoms with Crippen molar-refractivity contribution in [2.45, 2.75) is 246 Å². The summed E-state index contributed by atoms with van der Waals surface area (Å²) < 4.78 is 61.3. The number of allylic oxidation sites excluding steroid dienone is 1. The van der Waals surface area contributed by atoms with Crippen molar-refractivity contribution in [1.29, 1.82) is 0 Å². The maximum absolute atomic E-state index is 12.5. The second kappa shape index (κ2) is 21.0. The van der Waals surface area contributed by atoms with Crippen LogP contribution >= 0.6 is 0 Å². The van der Waals surface area contributed by atoms with Crippen LogP contribution < -0.4 is 0 Å². The van der Waals surface area contributed by atoms with Crippen LogP contribution in [0, 0.1) is 46.3 Å². The molecule has 424 valence electrons. The van der Waals surface area contributed by atoms with E-state index in [9.17, 15) is 66.4 Å². The van der Waals surface area contributed by atoms with E-state index in [0.29, 0.717) is 37.0 Å². The first-order valence-electron chi connectivity index (χ1n) is 27.0. The average molecular weight is 1060 g/mol. The van der Waals surface area contributed by atoms with Crippen molar-refractivity contribution in [1.82, 2.24) is 0 Å². The van der Waals surface area contributed by atoms with Crippen LogP contribution in [0.5, 0.6) is 0 Å². The highest BCUT2D eigenvalue weighted by molar-refractivity contribution is 5.27. The van der Waals surface area contributed by atoms with Crippen molar-refractivity contribution in [2.75, 3.05) is 13.2 Å². The van der Waals surface area contributed by atoms with E-state index in [4.69, 9.17) is 47.4 Å². The SMILES string of the molecule is C[C@@H]1C[C@@H]([C@@]2(O)O[C@H]3C[C@H]4[C@@H]5CC=C6C[C@@H](O[C@@H]7O[C@H](CO)[C@@H](O[C@@H]8O[C@@H](C)[C@H](O)[C@@H](O)[C@H]8O)[C@H](O)[C@H]7O[C@@H]7O[C@@H](C)[C@H](O)[C@@H](O)[C@H]7O)CC[C@]6(C)[C@H]5CC[C@]4(C)[C@H]3[C@@H]2C)O[C@H]1O[C@@H]1O[C@H](CO)[C@@H](O)[C@H](O)[C@H]1O. The Morgan fingerprint density at radius 3 is 1.77 bits per heavy atom. The molecule has 13 N–H and O–H groups in total. The fourth-order valence-corrected chi connectivity index (χ4v) is 15.5. The highest BCUT2D eigenvalue weighted by Gasteiger charge is 2.70. The fourth-order valence-electron chi connectivity index (χ4n) is 15.5. The van der Waals surface area contributed by atoms with Crippen LogP contribution in [0.1, 0.15) is 92.9 Å². The monoisotopic (exact) mass is 1060 g/mol. The van der Waals surface area contributed by atoms with E-state index in [1.54, 1.807) is 0 Å². The van der Waals surface area contributed by atoms with Gasteiger partial charge in [-0.1, -0.05) is 39.3 Å². The normalized spacial score (nSPS) is 58.6. The molecule has 23 nitrogen and oxygen atoms in total. The Labute approximate surface area is 430 Å². The zero-order chi connectivity index (χ0) is 53.2. The first kappa shape index (κ1) is 56.1. The molecule has 0 aromatic rings. The van der Waals surface area contributed by atoms with Gasteiger partial charge in [0.05, 0.1) is 37.6 Å². The number of fused-ring (bicyclic) bond motifs is 7. The number of ether oxygens (including phenoxy) is 10. The maximum atomic E-state index is 12.5. The van der Waals surface area contributed by atoms with Gasteiger partial charge < -0.3 is 114 Å². The molecule has 9 fully saturated rings. The summed E-state index contributed by atoms with van der Waals surface area (Å²) in [6.07, 6.45) is -23.7. The van der Waals surface area contributed by atoms with Crippen molar-refractivity contribution in [3.63, 3.8) is 0 Å². The van der Waals surface area contributed by atoms with E-state index in [1.165, 1.54) is 19.4 Å². The van der Waals surface area contributed by atoms with Crippen molar-refractivity contribution in [2.24, 2.45) is 46.3 Å². The zero-order valence-electron chi connectivity index (χ0n) is 42.9. The van der Waals surface area contributed by atoms with Crippen LogP contribution in [-0.2, 0) is 47.4 Å². The molecule has 0 spiro atoms. The van der Waals surface area contributed by atoms with E-state index in [1.807, 2.05) is 13.8 Å². The fraction of sp³-hybridized carbons (Fsp3) is 0.961. The predicted octanol–water partition coefficient (Wildman–Crippen LogP) is -2.64. The van der Waals surface area contributed by atoms with E-state index in [2.05, 4.69) is 19.9 Å². The number of hydrogen-bond acceptors (Lipinski definition) is 23.